The largest absolute Gasteiger partial charge is 0.496 e. The molecular weight excluding hydrogens is 361 g/mol. The van der Waals surface area contributed by atoms with E-state index in [1.54, 1.807) is 12.1 Å². The van der Waals surface area contributed by atoms with Crippen LogP contribution in [0, 0.1) is 17.1 Å². The van der Waals surface area contributed by atoms with Crippen LogP contribution in [0.25, 0.3) is 11.1 Å². The lowest BCUT2D eigenvalue weighted by atomic mass is 9.87. The van der Waals surface area contributed by atoms with Gasteiger partial charge in [-0.2, -0.15) is 5.26 Å². The zero-order chi connectivity index (χ0) is 20.3. The van der Waals surface area contributed by atoms with Crippen LogP contribution in [0.2, 0.25) is 0 Å². The number of aliphatic hydroxyl groups excluding tert-OH is 1. The van der Waals surface area contributed by atoms with Gasteiger partial charge in [0.25, 0.3) is 0 Å². The second-order valence-electron chi connectivity index (χ2n) is 6.77. The van der Waals surface area contributed by atoms with Crippen LogP contribution >= 0.6 is 0 Å². The molecule has 1 amide bonds. The first-order valence-electron chi connectivity index (χ1n) is 9.00. The Morgan fingerprint density at radius 2 is 2.14 bits per heavy atom. The molecule has 146 valence electrons. The first-order valence-corrected chi connectivity index (χ1v) is 9.00. The number of nitrogens with one attached hydrogen (secondary N) is 1. The SMILES string of the molecule is COc1ccc(F)cc1-c1cc(C#N)c(NC(=O)CCO)c2c1CCN(C)C2. The minimum absolute atomic E-state index is 0.0467. The van der Waals surface area contributed by atoms with Crippen molar-refractivity contribution in [3.05, 3.63) is 46.8 Å². The van der Waals surface area contributed by atoms with E-state index >= 15 is 0 Å². The summed E-state index contributed by atoms with van der Waals surface area (Å²) in [5.74, 6) is -0.231. The number of nitriles is 1. The normalized spacial score (nSPS) is 13.5. The summed E-state index contributed by atoms with van der Waals surface area (Å²) >= 11 is 0. The van der Waals surface area contributed by atoms with E-state index in [9.17, 15) is 14.4 Å². The Bertz CT molecular complexity index is 953. The highest BCUT2D eigenvalue weighted by Crippen LogP contribution is 2.40. The molecule has 1 heterocycles. The van der Waals surface area contributed by atoms with Crippen LogP contribution in [0.15, 0.2) is 24.3 Å². The van der Waals surface area contributed by atoms with Crippen molar-refractivity contribution in [2.45, 2.75) is 19.4 Å². The van der Waals surface area contributed by atoms with Gasteiger partial charge in [0.15, 0.2) is 0 Å². The number of anilines is 1. The van der Waals surface area contributed by atoms with E-state index in [1.165, 1.54) is 19.2 Å². The van der Waals surface area contributed by atoms with E-state index < -0.39 is 5.82 Å². The van der Waals surface area contributed by atoms with Gasteiger partial charge < -0.3 is 20.1 Å². The third-order valence-electron chi connectivity index (χ3n) is 4.90. The molecule has 0 radical (unpaired) electrons. The molecule has 0 spiro atoms. The molecule has 28 heavy (non-hydrogen) atoms. The molecule has 0 saturated heterocycles. The fourth-order valence-electron chi connectivity index (χ4n) is 3.56. The quantitative estimate of drug-likeness (QED) is 0.829. The summed E-state index contributed by atoms with van der Waals surface area (Å²) in [6.07, 6.45) is 0.643. The highest BCUT2D eigenvalue weighted by atomic mass is 19.1. The van der Waals surface area contributed by atoms with Crippen LogP contribution < -0.4 is 10.1 Å². The van der Waals surface area contributed by atoms with Gasteiger partial charge in [-0.1, -0.05) is 0 Å². The number of carbonyl (C=O) groups excluding carboxylic acids is 1. The van der Waals surface area contributed by atoms with E-state index in [2.05, 4.69) is 16.3 Å². The number of nitrogens with zero attached hydrogens (tertiary/aromatic N) is 2. The molecule has 2 N–H and O–H groups in total. The average molecular weight is 383 g/mol. The Morgan fingerprint density at radius 1 is 1.36 bits per heavy atom. The molecule has 1 aliphatic heterocycles. The van der Waals surface area contributed by atoms with Crippen molar-refractivity contribution < 1.29 is 19.0 Å². The van der Waals surface area contributed by atoms with Crippen molar-refractivity contribution in [3.8, 4) is 22.9 Å². The summed E-state index contributed by atoms with van der Waals surface area (Å²) in [5.41, 5.74) is 3.85. The van der Waals surface area contributed by atoms with Crippen LogP contribution in [0.3, 0.4) is 0 Å². The van der Waals surface area contributed by atoms with Gasteiger partial charge in [-0.15, -0.1) is 0 Å². The van der Waals surface area contributed by atoms with Gasteiger partial charge in [0.05, 0.1) is 31.4 Å². The number of methoxy groups -OCH3 is 1. The summed E-state index contributed by atoms with van der Waals surface area (Å²) in [5, 5.41) is 21.5. The van der Waals surface area contributed by atoms with E-state index in [0.29, 0.717) is 35.5 Å². The highest BCUT2D eigenvalue weighted by molar-refractivity contribution is 5.95. The molecule has 0 aromatic heterocycles. The number of hydrogen-bond acceptors (Lipinski definition) is 5. The molecule has 0 saturated carbocycles. The van der Waals surface area contributed by atoms with Crippen molar-refractivity contribution in [2.24, 2.45) is 0 Å². The van der Waals surface area contributed by atoms with Crippen molar-refractivity contribution in [2.75, 3.05) is 32.6 Å². The maximum Gasteiger partial charge on any atom is 0.226 e. The smallest absolute Gasteiger partial charge is 0.226 e. The third kappa shape index (κ3) is 3.84. The van der Waals surface area contributed by atoms with E-state index in [1.807, 2.05) is 7.05 Å². The van der Waals surface area contributed by atoms with E-state index in [-0.39, 0.29) is 18.9 Å². The Balaban J connectivity index is 2.24. The fraction of sp³-hybridized carbons (Fsp3) is 0.333. The highest BCUT2D eigenvalue weighted by Gasteiger charge is 2.25. The van der Waals surface area contributed by atoms with Crippen LogP contribution in [-0.4, -0.2) is 43.2 Å². The van der Waals surface area contributed by atoms with Crippen LogP contribution in [0.4, 0.5) is 10.1 Å². The monoisotopic (exact) mass is 383 g/mol. The Morgan fingerprint density at radius 3 is 2.82 bits per heavy atom. The molecule has 0 atom stereocenters. The molecule has 7 heteroatoms. The first-order chi connectivity index (χ1) is 13.5. The second kappa shape index (κ2) is 8.38. The number of benzene rings is 2. The number of likely N-dealkylation sites (N-methyl/N-ethyl adjacent to an activating group) is 1. The molecule has 1 aliphatic rings. The van der Waals surface area contributed by atoms with Crippen molar-refractivity contribution >= 4 is 11.6 Å². The Labute approximate surface area is 163 Å². The minimum atomic E-state index is -0.392. The fourth-order valence-corrected chi connectivity index (χ4v) is 3.56. The number of fused-ring (bicyclic) bond motifs is 1. The van der Waals surface area contributed by atoms with Crippen molar-refractivity contribution in [1.82, 2.24) is 4.90 Å². The molecule has 3 rings (SSSR count). The summed E-state index contributed by atoms with van der Waals surface area (Å²) in [7, 11) is 3.48. The Hall–Kier alpha value is -2.95. The minimum Gasteiger partial charge on any atom is -0.496 e. The number of rotatable bonds is 5. The van der Waals surface area contributed by atoms with Crippen molar-refractivity contribution in [1.29, 1.82) is 5.26 Å². The Kier molecular flexibility index (Phi) is 5.93. The van der Waals surface area contributed by atoms with Crippen molar-refractivity contribution in [3.63, 3.8) is 0 Å². The molecule has 2 aromatic rings. The lowest BCUT2D eigenvalue weighted by Crippen LogP contribution is -2.29. The lowest BCUT2D eigenvalue weighted by Gasteiger charge is -2.30. The number of ether oxygens (including phenoxy) is 1. The average Bonchev–Trinajstić information content (AvgIpc) is 2.68. The van der Waals surface area contributed by atoms with Gasteiger partial charge >= 0.3 is 0 Å². The van der Waals surface area contributed by atoms with Gasteiger partial charge in [0.1, 0.15) is 17.6 Å². The zero-order valence-corrected chi connectivity index (χ0v) is 15.9. The maximum absolute atomic E-state index is 14.0. The number of carbonyl (C=O) groups is 1. The van der Waals surface area contributed by atoms with Crippen LogP contribution in [0.1, 0.15) is 23.1 Å². The maximum atomic E-state index is 14.0. The van der Waals surface area contributed by atoms with Gasteiger partial charge in [0.2, 0.25) is 5.91 Å². The molecule has 0 aliphatic carbocycles. The zero-order valence-electron chi connectivity index (χ0n) is 15.9. The van der Waals surface area contributed by atoms with E-state index in [0.717, 1.165) is 23.2 Å². The summed E-state index contributed by atoms with van der Waals surface area (Å²) in [6, 6.07) is 8.11. The van der Waals surface area contributed by atoms with Crippen LogP contribution in [0.5, 0.6) is 5.75 Å². The first kappa shape index (κ1) is 19.8. The standard InChI is InChI=1S/C21H22FN3O3/c1-25-7-5-15-16(17-10-14(22)3-4-19(17)28-2)9-13(11-23)21(18(15)12-25)24-20(27)6-8-26/h3-4,9-10,26H,5-8,12H2,1-2H3,(H,24,27). The molecule has 0 bridgehead atoms. The summed E-state index contributed by atoms with van der Waals surface area (Å²) in [6.45, 7) is 1.08. The van der Waals surface area contributed by atoms with E-state index in [4.69, 9.17) is 9.84 Å². The molecule has 0 unspecified atom stereocenters. The molecule has 6 nitrogen and oxygen atoms in total. The summed E-state index contributed by atoms with van der Waals surface area (Å²) in [4.78, 5) is 14.2. The third-order valence-corrected chi connectivity index (χ3v) is 4.90. The van der Waals surface area contributed by atoms with Gasteiger partial charge in [-0.05, 0) is 54.4 Å². The van der Waals surface area contributed by atoms with Crippen LogP contribution in [-0.2, 0) is 17.8 Å². The second-order valence-corrected chi connectivity index (χ2v) is 6.77. The number of aliphatic hydroxyl groups is 1. The predicted molar refractivity (Wildman–Crippen MR) is 103 cm³/mol. The number of halogens is 1. The molecule has 0 fully saturated rings. The number of amides is 1. The summed E-state index contributed by atoms with van der Waals surface area (Å²) < 4.78 is 19.4. The topological polar surface area (TPSA) is 85.6 Å². The predicted octanol–water partition coefficient (Wildman–Crippen LogP) is 2.68. The van der Waals surface area contributed by atoms with Gasteiger partial charge in [-0.25, -0.2) is 4.39 Å². The van der Waals surface area contributed by atoms with Gasteiger partial charge in [-0.3, -0.25) is 4.79 Å². The molecule has 2 aromatic carbocycles. The van der Waals surface area contributed by atoms with Gasteiger partial charge in [0, 0.05) is 18.7 Å². The molecular formula is C21H22FN3O3. The lowest BCUT2D eigenvalue weighted by molar-refractivity contribution is -0.116. The number of hydrogen-bond donors (Lipinski definition) is 2.